The van der Waals surface area contributed by atoms with Gasteiger partial charge in [0, 0.05) is 6.07 Å². The van der Waals surface area contributed by atoms with E-state index in [0.29, 0.717) is 17.2 Å². The summed E-state index contributed by atoms with van der Waals surface area (Å²) in [5.74, 6) is -1.42. The zero-order valence-corrected chi connectivity index (χ0v) is 29.8. The third kappa shape index (κ3) is 6.98. The smallest absolute Gasteiger partial charge is 0.482 e. The van der Waals surface area contributed by atoms with E-state index in [1.807, 2.05) is 36.4 Å². The van der Waals surface area contributed by atoms with Crippen LogP contribution in [0.15, 0.2) is 60.8 Å². The van der Waals surface area contributed by atoms with Crippen LogP contribution in [0.2, 0.25) is 0 Å². The van der Waals surface area contributed by atoms with E-state index >= 15 is 4.39 Å². The fourth-order valence-corrected chi connectivity index (χ4v) is 7.88. The summed E-state index contributed by atoms with van der Waals surface area (Å²) in [7, 11) is 0.628. The molecule has 1 aliphatic heterocycles. The third-order valence-corrected chi connectivity index (χ3v) is 10.7. The van der Waals surface area contributed by atoms with Gasteiger partial charge in [-0.2, -0.15) is 0 Å². The van der Waals surface area contributed by atoms with Crippen LogP contribution >= 0.6 is 0 Å². The van der Waals surface area contributed by atoms with Crippen molar-refractivity contribution in [1.82, 2.24) is 10.3 Å². The van der Waals surface area contributed by atoms with Crippen molar-refractivity contribution in [3.05, 3.63) is 89.0 Å². The van der Waals surface area contributed by atoms with Crippen molar-refractivity contribution in [1.29, 1.82) is 0 Å². The molecule has 4 fully saturated rings. The van der Waals surface area contributed by atoms with E-state index in [4.69, 9.17) is 29.3 Å². The second kappa shape index (κ2) is 13.6. The van der Waals surface area contributed by atoms with Gasteiger partial charge in [-0.3, -0.25) is 9.78 Å². The Kier molecular flexibility index (Phi) is 9.75. The van der Waals surface area contributed by atoms with Crippen molar-refractivity contribution in [3.8, 4) is 11.5 Å². The number of hydrogen-bond acceptors (Lipinski definition) is 9. The van der Waals surface area contributed by atoms with Crippen LogP contribution in [0.1, 0.15) is 87.6 Å². The predicted octanol–water partition coefficient (Wildman–Crippen LogP) is 5.76. The summed E-state index contributed by atoms with van der Waals surface area (Å²) < 4.78 is 45.8. The van der Waals surface area contributed by atoms with Crippen LogP contribution in [-0.4, -0.2) is 54.3 Å². The number of ether oxygens (including phenoxy) is 3. The Bertz CT molecular complexity index is 1730. The number of nitrogens with two attached hydrogens (primary N) is 1. The zero-order chi connectivity index (χ0) is 36.0. The molecule has 12 heteroatoms. The molecule has 2 unspecified atom stereocenters. The molecule has 3 saturated carbocycles. The van der Waals surface area contributed by atoms with Crippen LogP contribution in [0.3, 0.4) is 0 Å². The largest absolute Gasteiger partial charge is 0.496 e. The average molecular weight is 688 g/mol. The zero-order valence-electron chi connectivity index (χ0n) is 29.8. The Morgan fingerprint density at radius 2 is 1.86 bits per heavy atom. The molecule has 1 saturated heterocycles. The summed E-state index contributed by atoms with van der Waals surface area (Å²) in [5.41, 5.74) is 6.75. The number of carbonyl (C=O) groups excluding carboxylic acids is 2. The number of amides is 1. The molecule has 2 aromatic carbocycles. The van der Waals surface area contributed by atoms with Gasteiger partial charge in [0.15, 0.2) is 5.82 Å². The first kappa shape index (κ1) is 35.8. The molecule has 3 aromatic rings. The van der Waals surface area contributed by atoms with Gasteiger partial charge in [0.1, 0.15) is 41.0 Å². The van der Waals surface area contributed by atoms with Gasteiger partial charge in [-0.15, -0.1) is 0 Å². The second-order valence-corrected chi connectivity index (χ2v) is 15.4. The van der Waals surface area contributed by atoms with Gasteiger partial charge in [-0.05, 0) is 81.4 Å². The van der Waals surface area contributed by atoms with E-state index in [0.717, 1.165) is 18.4 Å². The minimum absolute atomic E-state index is 0.107. The van der Waals surface area contributed by atoms with Crippen LogP contribution in [0.4, 0.5) is 4.39 Å². The monoisotopic (exact) mass is 687 g/mol. The number of benzene rings is 2. The minimum atomic E-state index is -1.44. The standard InChI is InChI=1S/C38H47BFN3O7/c1-36(2,3)48-35(45)26-15-11-14-23(33(26)46-7)16-30(39-49-29-18-24-17-28(37(24,4)5)38(29,6)50-39)43-34(44)31(41)32-27(40)19-25(20-42-32)47-21-22-12-9-8-10-13-22/h8-15,19-20,24,28-31H,16-18,21,41H2,1-7H3,(H,43,44)/t24-,28-,29?,30-,31?,38-/m0/s1. The predicted molar refractivity (Wildman–Crippen MR) is 186 cm³/mol. The second-order valence-electron chi connectivity index (χ2n) is 15.4. The number of rotatable bonds is 11. The molecule has 1 amide bonds. The summed E-state index contributed by atoms with van der Waals surface area (Å²) in [5, 5.41) is 2.98. The molecular weight excluding hydrogens is 640 g/mol. The van der Waals surface area contributed by atoms with Crippen LogP contribution < -0.4 is 20.5 Å². The Hall–Kier alpha value is -4.00. The highest BCUT2D eigenvalue weighted by Crippen LogP contribution is 2.65. The Morgan fingerprint density at radius 3 is 2.52 bits per heavy atom. The topological polar surface area (TPSA) is 131 Å². The molecule has 6 atom stereocenters. The summed E-state index contributed by atoms with van der Waals surface area (Å²) in [4.78, 5) is 31.1. The number of nitrogens with one attached hydrogen (secondary N) is 1. The maximum atomic E-state index is 15.4. The van der Waals surface area contributed by atoms with Crippen molar-refractivity contribution >= 4 is 19.0 Å². The number of nitrogens with zero attached hydrogens (tertiary/aromatic N) is 1. The lowest BCUT2D eigenvalue weighted by Gasteiger charge is -2.64. The van der Waals surface area contributed by atoms with Crippen molar-refractivity contribution in [2.24, 2.45) is 23.0 Å². The van der Waals surface area contributed by atoms with Gasteiger partial charge in [-0.1, -0.05) is 56.3 Å². The number of halogens is 1. The molecule has 2 heterocycles. The quantitative estimate of drug-likeness (QED) is 0.191. The molecule has 266 valence electrons. The fraction of sp³-hybridized carbons (Fsp3) is 0.500. The number of carbonyl (C=O) groups is 2. The summed E-state index contributed by atoms with van der Waals surface area (Å²) in [6.45, 7) is 12.2. The van der Waals surface area contributed by atoms with Crippen LogP contribution in [0.25, 0.3) is 0 Å². The number of hydrogen-bond donors (Lipinski definition) is 2. The number of pyridine rings is 1. The first-order valence-corrected chi connectivity index (χ1v) is 17.2. The maximum absolute atomic E-state index is 15.4. The summed E-state index contributed by atoms with van der Waals surface area (Å²) in [6.07, 6.45) is 3.25. The number of esters is 1. The van der Waals surface area contributed by atoms with Crippen molar-refractivity contribution in [2.75, 3.05) is 7.11 Å². The van der Waals surface area contributed by atoms with E-state index in [9.17, 15) is 9.59 Å². The van der Waals surface area contributed by atoms with E-state index in [2.05, 4.69) is 31.1 Å². The Morgan fingerprint density at radius 1 is 1.12 bits per heavy atom. The SMILES string of the molecule is COc1c(C[C@H](NC(=O)C(N)c2ncc(OCc3ccccc3)cc2F)B2OC3C[C@@H]4C[C@@H](C4(C)C)[C@]3(C)O2)cccc1C(=O)OC(C)(C)C. The molecule has 0 radical (unpaired) electrons. The first-order chi connectivity index (χ1) is 23.6. The first-order valence-electron chi connectivity index (χ1n) is 17.2. The molecule has 50 heavy (non-hydrogen) atoms. The number of methoxy groups -OCH3 is 1. The highest BCUT2D eigenvalue weighted by molar-refractivity contribution is 6.48. The lowest BCUT2D eigenvalue weighted by atomic mass is 9.43. The summed E-state index contributed by atoms with van der Waals surface area (Å²) in [6, 6.07) is 14.4. The van der Waals surface area contributed by atoms with E-state index in [1.165, 1.54) is 19.4 Å². The van der Waals surface area contributed by atoms with Crippen LogP contribution in [0, 0.1) is 23.1 Å². The number of aromatic nitrogens is 1. The van der Waals surface area contributed by atoms with Gasteiger partial charge >= 0.3 is 13.1 Å². The molecule has 1 aromatic heterocycles. The third-order valence-electron chi connectivity index (χ3n) is 10.7. The van der Waals surface area contributed by atoms with Gasteiger partial charge in [0.05, 0.1) is 31.0 Å². The molecule has 7 rings (SSSR count). The lowest BCUT2D eigenvalue weighted by molar-refractivity contribution is -0.199. The Labute approximate surface area is 293 Å². The van der Waals surface area contributed by atoms with E-state index in [1.54, 1.807) is 32.9 Å². The molecule has 3 N–H and O–H groups in total. The molecule has 3 aliphatic carbocycles. The molecular formula is C38H47BFN3O7. The molecule has 4 aliphatic rings. The van der Waals surface area contributed by atoms with E-state index < -0.39 is 48.0 Å². The van der Waals surface area contributed by atoms with Gasteiger partial charge < -0.3 is 34.6 Å². The number of para-hydroxylation sites is 1. The molecule has 0 spiro atoms. The fourth-order valence-electron chi connectivity index (χ4n) is 7.88. The van der Waals surface area contributed by atoms with Crippen LogP contribution in [-0.2, 0) is 31.9 Å². The van der Waals surface area contributed by atoms with Crippen molar-refractivity contribution in [2.45, 2.75) is 96.7 Å². The molecule has 2 bridgehead atoms. The van der Waals surface area contributed by atoms with Gasteiger partial charge in [-0.25, -0.2) is 9.18 Å². The molecule has 10 nitrogen and oxygen atoms in total. The minimum Gasteiger partial charge on any atom is -0.496 e. The van der Waals surface area contributed by atoms with Crippen molar-refractivity contribution in [3.63, 3.8) is 0 Å². The highest BCUT2D eigenvalue weighted by Gasteiger charge is 2.68. The highest BCUT2D eigenvalue weighted by atomic mass is 19.1. The van der Waals surface area contributed by atoms with Crippen LogP contribution in [0.5, 0.6) is 11.5 Å². The van der Waals surface area contributed by atoms with Crippen molar-refractivity contribution < 1.29 is 37.5 Å². The Balaban J connectivity index is 1.25. The average Bonchev–Trinajstić information content (AvgIpc) is 3.43. The van der Waals surface area contributed by atoms with E-state index in [-0.39, 0.29) is 47.5 Å². The lowest BCUT2D eigenvalue weighted by Crippen LogP contribution is -2.65. The summed E-state index contributed by atoms with van der Waals surface area (Å²) >= 11 is 0. The van der Waals surface area contributed by atoms with Gasteiger partial charge in [0.25, 0.3) is 0 Å². The van der Waals surface area contributed by atoms with Gasteiger partial charge in [0.2, 0.25) is 5.91 Å². The normalized spacial score (nSPS) is 24.7. The maximum Gasteiger partial charge on any atom is 0.482 e.